The molecule has 0 atom stereocenters. The molecular formula is C14H13IN2O. The molecule has 0 spiro atoms. The highest BCUT2D eigenvalue weighted by atomic mass is 127. The number of anilines is 2. The minimum Gasteiger partial charge on any atom is -0.375 e. The molecule has 0 radical (unpaired) electrons. The second-order valence-corrected chi connectivity index (χ2v) is 4.91. The lowest BCUT2D eigenvalue weighted by Crippen LogP contribution is -2.21. The Bertz CT molecular complexity index is 528. The minimum absolute atomic E-state index is 0.0548. The van der Waals surface area contributed by atoms with Gasteiger partial charge in [-0.2, -0.15) is 0 Å². The van der Waals surface area contributed by atoms with E-state index in [0.29, 0.717) is 0 Å². The van der Waals surface area contributed by atoms with Crippen LogP contribution in [0.2, 0.25) is 0 Å². The summed E-state index contributed by atoms with van der Waals surface area (Å²) in [5, 5.41) is 5.94. The van der Waals surface area contributed by atoms with Gasteiger partial charge in [-0.15, -0.1) is 0 Å². The zero-order chi connectivity index (χ0) is 12.8. The minimum atomic E-state index is -0.0548. The number of hydrogen-bond donors (Lipinski definition) is 2. The molecule has 4 heteroatoms. The number of rotatable bonds is 4. The first-order valence-electron chi connectivity index (χ1n) is 5.59. The van der Waals surface area contributed by atoms with E-state index >= 15 is 0 Å². The van der Waals surface area contributed by atoms with E-state index < -0.39 is 0 Å². The molecule has 0 aliphatic heterocycles. The van der Waals surface area contributed by atoms with Crippen LogP contribution in [0.5, 0.6) is 0 Å². The molecule has 0 heterocycles. The van der Waals surface area contributed by atoms with Gasteiger partial charge in [-0.05, 0) is 46.9 Å². The zero-order valence-corrected chi connectivity index (χ0v) is 11.8. The van der Waals surface area contributed by atoms with Crippen molar-refractivity contribution in [2.24, 2.45) is 0 Å². The number of amides is 1. The summed E-state index contributed by atoms with van der Waals surface area (Å²) in [4.78, 5) is 11.7. The second-order valence-electron chi connectivity index (χ2n) is 3.75. The predicted molar refractivity (Wildman–Crippen MR) is 82.7 cm³/mol. The van der Waals surface area contributed by atoms with Crippen LogP contribution >= 0.6 is 22.6 Å². The third-order valence-corrected chi connectivity index (χ3v) is 3.31. The lowest BCUT2D eigenvalue weighted by atomic mass is 10.3. The largest absolute Gasteiger partial charge is 0.375 e. The molecule has 0 saturated carbocycles. The number of carbonyl (C=O) groups is 1. The summed E-state index contributed by atoms with van der Waals surface area (Å²) in [6, 6.07) is 17.3. The van der Waals surface area contributed by atoms with E-state index in [1.165, 1.54) is 0 Å². The molecule has 92 valence electrons. The van der Waals surface area contributed by atoms with Gasteiger partial charge in [0.15, 0.2) is 0 Å². The molecule has 3 nitrogen and oxygen atoms in total. The number of benzene rings is 2. The summed E-state index contributed by atoms with van der Waals surface area (Å²) in [7, 11) is 0. The first-order chi connectivity index (χ1) is 8.75. The SMILES string of the molecule is O=C(CNc1ccccc1I)Nc1ccccc1. The van der Waals surface area contributed by atoms with E-state index in [9.17, 15) is 4.79 Å². The van der Waals surface area contributed by atoms with Gasteiger partial charge in [-0.1, -0.05) is 30.3 Å². The Morgan fingerprint density at radius 1 is 1.00 bits per heavy atom. The monoisotopic (exact) mass is 352 g/mol. The van der Waals surface area contributed by atoms with E-state index in [1.807, 2.05) is 54.6 Å². The van der Waals surface area contributed by atoms with Gasteiger partial charge in [0.1, 0.15) is 0 Å². The van der Waals surface area contributed by atoms with Gasteiger partial charge in [0, 0.05) is 14.9 Å². The standard InChI is InChI=1S/C14H13IN2O/c15-12-8-4-5-9-13(12)16-10-14(18)17-11-6-2-1-3-7-11/h1-9,16H,10H2,(H,17,18). The normalized spacial score (nSPS) is 9.83. The molecule has 0 aliphatic carbocycles. The molecular weight excluding hydrogens is 339 g/mol. The van der Waals surface area contributed by atoms with Gasteiger partial charge in [0.05, 0.1) is 6.54 Å². The van der Waals surface area contributed by atoms with Crippen molar-refractivity contribution in [2.75, 3.05) is 17.2 Å². The molecule has 2 aromatic carbocycles. The molecule has 1 amide bonds. The van der Waals surface area contributed by atoms with Gasteiger partial charge in [0.2, 0.25) is 5.91 Å². The number of halogens is 1. The summed E-state index contributed by atoms with van der Waals surface area (Å²) < 4.78 is 1.10. The predicted octanol–water partition coefficient (Wildman–Crippen LogP) is 3.34. The van der Waals surface area contributed by atoms with Crippen molar-refractivity contribution in [2.45, 2.75) is 0 Å². The van der Waals surface area contributed by atoms with Crippen LogP contribution < -0.4 is 10.6 Å². The van der Waals surface area contributed by atoms with Crippen LogP contribution in [0.3, 0.4) is 0 Å². The molecule has 0 unspecified atom stereocenters. The van der Waals surface area contributed by atoms with Crippen LogP contribution in [0.4, 0.5) is 11.4 Å². The Hall–Kier alpha value is -1.56. The van der Waals surface area contributed by atoms with Crippen molar-refractivity contribution in [3.63, 3.8) is 0 Å². The number of para-hydroxylation sites is 2. The van der Waals surface area contributed by atoms with E-state index in [4.69, 9.17) is 0 Å². The van der Waals surface area contributed by atoms with E-state index in [1.54, 1.807) is 0 Å². The molecule has 0 bridgehead atoms. The Morgan fingerprint density at radius 3 is 2.39 bits per heavy atom. The van der Waals surface area contributed by atoms with E-state index in [0.717, 1.165) is 14.9 Å². The lowest BCUT2D eigenvalue weighted by molar-refractivity contribution is -0.114. The summed E-state index contributed by atoms with van der Waals surface area (Å²) >= 11 is 2.24. The fourth-order valence-corrected chi connectivity index (χ4v) is 2.08. The molecule has 2 N–H and O–H groups in total. The van der Waals surface area contributed by atoms with Crippen molar-refractivity contribution in [3.8, 4) is 0 Å². The Labute approximate surface area is 120 Å². The van der Waals surface area contributed by atoms with E-state index in [-0.39, 0.29) is 12.5 Å². The van der Waals surface area contributed by atoms with Crippen LogP contribution in [-0.4, -0.2) is 12.5 Å². The molecule has 2 aromatic rings. The fourth-order valence-electron chi connectivity index (χ4n) is 1.51. The van der Waals surface area contributed by atoms with E-state index in [2.05, 4.69) is 33.2 Å². The topological polar surface area (TPSA) is 41.1 Å². The molecule has 0 aromatic heterocycles. The van der Waals surface area contributed by atoms with Crippen molar-refractivity contribution >= 4 is 39.9 Å². The summed E-state index contributed by atoms with van der Waals surface area (Å²) in [5.41, 5.74) is 1.79. The lowest BCUT2D eigenvalue weighted by Gasteiger charge is -2.09. The molecule has 18 heavy (non-hydrogen) atoms. The van der Waals surface area contributed by atoms with Gasteiger partial charge < -0.3 is 10.6 Å². The third-order valence-electron chi connectivity index (χ3n) is 2.37. The number of nitrogens with one attached hydrogen (secondary N) is 2. The van der Waals surface area contributed by atoms with Crippen LogP contribution in [0.25, 0.3) is 0 Å². The average molecular weight is 352 g/mol. The highest BCUT2D eigenvalue weighted by Crippen LogP contribution is 2.16. The maximum absolute atomic E-state index is 11.7. The van der Waals surface area contributed by atoms with Crippen LogP contribution in [0.15, 0.2) is 54.6 Å². The zero-order valence-electron chi connectivity index (χ0n) is 9.69. The molecule has 2 rings (SSSR count). The fraction of sp³-hybridized carbons (Fsp3) is 0.0714. The smallest absolute Gasteiger partial charge is 0.243 e. The quantitative estimate of drug-likeness (QED) is 0.829. The van der Waals surface area contributed by atoms with Crippen molar-refractivity contribution in [1.82, 2.24) is 0 Å². The second kappa shape index (κ2) is 6.39. The molecule has 0 saturated heterocycles. The highest BCUT2D eigenvalue weighted by Gasteiger charge is 2.03. The van der Waals surface area contributed by atoms with Crippen molar-refractivity contribution in [1.29, 1.82) is 0 Å². The Balaban J connectivity index is 1.88. The Morgan fingerprint density at radius 2 is 1.67 bits per heavy atom. The summed E-state index contributed by atoms with van der Waals surface area (Å²) in [6.07, 6.45) is 0. The maximum atomic E-state index is 11.7. The van der Waals surface area contributed by atoms with Gasteiger partial charge >= 0.3 is 0 Å². The third kappa shape index (κ3) is 3.73. The number of hydrogen-bond acceptors (Lipinski definition) is 2. The van der Waals surface area contributed by atoms with Gasteiger partial charge in [-0.25, -0.2) is 0 Å². The molecule has 0 aliphatic rings. The van der Waals surface area contributed by atoms with Crippen molar-refractivity contribution in [3.05, 3.63) is 58.2 Å². The van der Waals surface area contributed by atoms with Crippen LogP contribution in [0.1, 0.15) is 0 Å². The molecule has 0 fully saturated rings. The van der Waals surface area contributed by atoms with Gasteiger partial charge in [0.25, 0.3) is 0 Å². The summed E-state index contributed by atoms with van der Waals surface area (Å²) in [5.74, 6) is -0.0548. The number of carbonyl (C=O) groups excluding carboxylic acids is 1. The first-order valence-corrected chi connectivity index (χ1v) is 6.67. The van der Waals surface area contributed by atoms with Crippen LogP contribution in [0, 0.1) is 3.57 Å². The average Bonchev–Trinajstić information content (AvgIpc) is 2.39. The maximum Gasteiger partial charge on any atom is 0.243 e. The first kappa shape index (κ1) is 12.9. The van der Waals surface area contributed by atoms with Crippen LogP contribution in [-0.2, 0) is 4.79 Å². The van der Waals surface area contributed by atoms with Crippen molar-refractivity contribution < 1.29 is 4.79 Å². The Kier molecular flexibility index (Phi) is 4.58. The van der Waals surface area contributed by atoms with Gasteiger partial charge in [-0.3, -0.25) is 4.79 Å². The summed E-state index contributed by atoms with van der Waals surface area (Å²) in [6.45, 7) is 0.259. The highest BCUT2D eigenvalue weighted by molar-refractivity contribution is 14.1.